The molecule has 0 fully saturated rings. The highest BCUT2D eigenvalue weighted by Gasteiger charge is 2.14. The molecule has 1 rings (SSSR count). The summed E-state index contributed by atoms with van der Waals surface area (Å²) in [5.74, 6) is -0.748. The van der Waals surface area contributed by atoms with Crippen molar-refractivity contribution in [1.29, 1.82) is 0 Å². The Hall–Kier alpha value is -1.55. The van der Waals surface area contributed by atoms with Crippen LogP contribution >= 0.6 is 0 Å². The first-order valence-corrected chi connectivity index (χ1v) is 6.17. The van der Waals surface area contributed by atoms with Crippen LogP contribution in [0.3, 0.4) is 0 Å². The summed E-state index contributed by atoms with van der Waals surface area (Å²) in [6.45, 7) is 3.43. The van der Waals surface area contributed by atoms with Crippen LogP contribution in [-0.2, 0) is 9.53 Å². The number of aliphatic carboxylic acids is 1. The standard InChI is InChI=1S/C14H21NO3/c1-12(11-18-2)15(10-6-9-14(16)17)13-7-4-3-5-8-13/h3-5,7-8,12H,6,9-11H2,1-2H3,(H,16,17). The molecule has 0 aromatic heterocycles. The van der Waals surface area contributed by atoms with Crippen molar-refractivity contribution in [2.45, 2.75) is 25.8 Å². The maximum Gasteiger partial charge on any atom is 0.303 e. The van der Waals surface area contributed by atoms with Crippen LogP contribution in [0.2, 0.25) is 0 Å². The largest absolute Gasteiger partial charge is 0.481 e. The third-order valence-corrected chi connectivity index (χ3v) is 2.82. The van der Waals surface area contributed by atoms with Gasteiger partial charge in [0.2, 0.25) is 0 Å². The molecule has 100 valence electrons. The summed E-state index contributed by atoms with van der Waals surface area (Å²) in [6.07, 6.45) is 0.835. The van der Waals surface area contributed by atoms with Crippen molar-refractivity contribution < 1.29 is 14.6 Å². The number of methoxy groups -OCH3 is 1. The molecule has 4 nitrogen and oxygen atoms in total. The van der Waals surface area contributed by atoms with Gasteiger partial charge in [-0.2, -0.15) is 0 Å². The molecule has 0 amide bonds. The van der Waals surface area contributed by atoms with Gasteiger partial charge in [-0.1, -0.05) is 18.2 Å². The predicted molar refractivity (Wildman–Crippen MR) is 72.0 cm³/mol. The van der Waals surface area contributed by atoms with E-state index in [1.165, 1.54) is 0 Å². The SMILES string of the molecule is COCC(C)N(CCCC(=O)O)c1ccccc1. The second-order valence-corrected chi connectivity index (χ2v) is 4.33. The van der Waals surface area contributed by atoms with Gasteiger partial charge in [0.1, 0.15) is 0 Å². The van der Waals surface area contributed by atoms with Crippen LogP contribution in [-0.4, -0.2) is 37.4 Å². The average molecular weight is 251 g/mol. The molecular formula is C14H21NO3. The van der Waals surface area contributed by atoms with Crippen molar-refractivity contribution in [2.75, 3.05) is 25.2 Å². The van der Waals surface area contributed by atoms with E-state index in [1.54, 1.807) is 7.11 Å². The Bertz CT molecular complexity index is 353. The van der Waals surface area contributed by atoms with Gasteiger partial charge in [-0.3, -0.25) is 4.79 Å². The molecule has 0 bridgehead atoms. The summed E-state index contributed by atoms with van der Waals surface area (Å²) in [4.78, 5) is 12.8. The van der Waals surface area contributed by atoms with Gasteiger partial charge < -0.3 is 14.7 Å². The monoisotopic (exact) mass is 251 g/mol. The maximum atomic E-state index is 10.6. The molecule has 0 saturated heterocycles. The molecular weight excluding hydrogens is 230 g/mol. The molecule has 1 aromatic rings. The second kappa shape index (κ2) is 7.71. The molecule has 1 unspecified atom stereocenters. The normalized spacial score (nSPS) is 12.1. The van der Waals surface area contributed by atoms with Crippen LogP contribution in [0.1, 0.15) is 19.8 Å². The molecule has 1 atom stereocenters. The lowest BCUT2D eigenvalue weighted by Crippen LogP contribution is -2.37. The molecule has 4 heteroatoms. The number of carboxylic acid groups (broad SMARTS) is 1. The number of hydrogen-bond donors (Lipinski definition) is 1. The summed E-state index contributed by atoms with van der Waals surface area (Å²) in [7, 11) is 1.68. The highest BCUT2D eigenvalue weighted by molar-refractivity contribution is 5.66. The molecule has 0 spiro atoms. The number of para-hydroxylation sites is 1. The van der Waals surface area contributed by atoms with Gasteiger partial charge in [0, 0.05) is 31.8 Å². The van der Waals surface area contributed by atoms with Gasteiger partial charge in [0.15, 0.2) is 0 Å². The molecule has 0 aliphatic heterocycles. The second-order valence-electron chi connectivity index (χ2n) is 4.33. The molecule has 0 radical (unpaired) electrons. The summed E-state index contributed by atoms with van der Waals surface area (Å²) in [6, 6.07) is 10.2. The van der Waals surface area contributed by atoms with Gasteiger partial charge in [-0.15, -0.1) is 0 Å². The number of ether oxygens (including phenoxy) is 1. The maximum absolute atomic E-state index is 10.6. The lowest BCUT2D eigenvalue weighted by atomic mass is 10.2. The quantitative estimate of drug-likeness (QED) is 0.770. The summed E-state index contributed by atoms with van der Waals surface area (Å²) >= 11 is 0. The molecule has 18 heavy (non-hydrogen) atoms. The number of anilines is 1. The Morgan fingerprint density at radius 1 is 1.39 bits per heavy atom. The lowest BCUT2D eigenvalue weighted by Gasteiger charge is -2.31. The first-order valence-electron chi connectivity index (χ1n) is 6.17. The van der Waals surface area contributed by atoms with E-state index in [1.807, 2.05) is 30.3 Å². The molecule has 0 saturated carbocycles. The third kappa shape index (κ3) is 4.75. The van der Waals surface area contributed by atoms with Crippen LogP contribution < -0.4 is 4.90 Å². The van der Waals surface area contributed by atoms with E-state index in [-0.39, 0.29) is 12.5 Å². The van der Waals surface area contributed by atoms with E-state index in [2.05, 4.69) is 11.8 Å². The van der Waals surface area contributed by atoms with E-state index >= 15 is 0 Å². The first kappa shape index (κ1) is 14.5. The van der Waals surface area contributed by atoms with Gasteiger partial charge in [0.25, 0.3) is 0 Å². The topological polar surface area (TPSA) is 49.8 Å². The van der Waals surface area contributed by atoms with Crippen molar-refractivity contribution in [2.24, 2.45) is 0 Å². The van der Waals surface area contributed by atoms with E-state index in [0.717, 1.165) is 12.2 Å². The number of nitrogens with zero attached hydrogens (tertiary/aromatic N) is 1. The van der Waals surface area contributed by atoms with Crippen LogP contribution in [0.4, 0.5) is 5.69 Å². The number of carboxylic acids is 1. The van der Waals surface area contributed by atoms with Gasteiger partial charge in [-0.05, 0) is 25.5 Å². The number of rotatable bonds is 8. The highest BCUT2D eigenvalue weighted by atomic mass is 16.5. The zero-order chi connectivity index (χ0) is 13.4. The lowest BCUT2D eigenvalue weighted by molar-refractivity contribution is -0.137. The Morgan fingerprint density at radius 2 is 2.06 bits per heavy atom. The fraction of sp³-hybridized carbons (Fsp3) is 0.500. The van der Waals surface area contributed by atoms with Crippen LogP contribution in [0, 0.1) is 0 Å². The minimum atomic E-state index is -0.748. The molecule has 0 aliphatic rings. The highest BCUT2D eigenvalue weighted by Crippen LogP contribution is 2.17. The smallest absolute Gasteiger partial charge is 0.303 e. The third-order valence-electron chi connectivity index (χ3n) is 2.82. The van der Waals surface area contributed by atoms with Crippen LogP contribution in [0.25, 0.3) is 0 Å². The number of hydrogen-bond acceptors (Lipinski definition) is 3. The van der Waals surface area contributed by atoms with Crippen molar-refractivity contribution >= 4 is 11.7 Å². The number of carbonyl (C=O) groups is 1. The Kier molecular flexibility index (Phi) is 6.22. The summed E-state index contributed by atoms with van der Waals surface area (Å²) in [5, 5.41) is 8.70. The van der Waals surface area contributed by atoms with Gasteiger partial charge >= 0.3 is 5.97 Å². The van der Waals surface area contributed by atoms with E-state index in [9.17, 15) is 4.79 Å². The first-order chi connectivity index (χ1) is 8.65. The van der Waals surface area contributed by atoms with E-state index < -0.39 is 5.97 Å². The molecule has 0 heterocycles. The number of benzene rings is 1. The van der Waals surface area contributed by atoms with E-state index in [0.29, 0.717) is 13.0 Å². The Labute approximate surface area is 108 Å². The molecule has 1 aromatic carbocycles. The van der Waals surface area contributed by atoms with Gasteiger partial charge in [0.05, 0.1) is 6.61 Å². The Morgan fingerprint density at radius 3 is 2.61 bits per heavy atom. The zero-order valence-corrected chi connectivity index (χ0v) is 11.0. The minimum absolute atomic E-state index is 0.197. The zero-order valence-electron chi connectivity index (χ0n) is 11.0. The van der Waals surface area contributed by atoms with Crippen molar-refractivity contribution in [3.8, 4) is 0 Å². The fourth-order valence-corrected chi connectivity index (χ4v) is 1.96. The van der Waals surface area contributed by atoms with Crippen molar-refractivity contribution in [1.82, 2.24) is 0 Å². The molecule has 1 N–H and O–H groups in total. The van der Waals surface area contributed by atoms with E-state index in [4.69, 9.17) is 9.84 Å². The fourth-order valence-electron chi connectivity index (χ4n) is 1.96. The van der Waals surface area contributed by atoms with Gasteiger partial charge in [-0.25, -0.2) is 0 Å². The van der Waals surface area contributed by atoms with Crippen molar-refractivity contribution in [3.63, 3.8) is 0 Å². The Balaban J connectivity index is 2.66. The molecule has 0 aliphatic carbocycles. The van der Waals surface area contributed by atoms with Crippen LogP contribution in [0.5, 0.6) is 0 Å². The average Bonchev–Trinajstić information content (AvgIpc) is 2.35. The summed E-state index contributed by atoms with van der Waals surface area (Å²) in [5.41, 5.74) is 1.10. The van der Waals surface area contributed by atoms with Crippen molar-refractivity contribution in [3.05, 3.63) is 30.3 Å². The minimum Gasteiger partial charge on any atom is -0.481 e. The van der Waals surface area contributed by atoms with Crippen LogP contribution in [0.15, 0.2) is 30.3 Å². The summed E-state index contributed by atoms with van der Waals surface area (Å²) < 4.78 is 5.18. The predicted octanol–water partition coefficient (Wildman–Crippen LogP) is 2.39.